The van der Waals surface area contributed by atoms with Crippen LogP contribution in [0, 0.1) is 5.82 Å². The molecule has 3 aromatic rings. The summed E-state index contributed by atoms with van der Waals surface area (Å²) in [5, 5.41) is 7.22. The van der Waals surface area contributed by atoms with Crippen molar-refractivity contribution in [2.45, 2.75) is 32.8 Å². The van der Waals surface area contributed by atoms with Gasteiger partial charge in [-0.1, -0.05) is 23.7 Å². The Labute approximate surface area is 178 Å². The molecular weight excluding hydrogens is 409 g/mol. The molecule has 6 nitrogen and oxygen atoms in total. The minimum atomic E-state index is -0.611. The van der Waals surface area contributed by atoms with E-state index in [1.54, 1.807) is 45.0 Å². The lowest BCUT2D eigenvalue weighted by molar-refractivity contribution is 0.0636. The number of aromatic nitrogens is 2. The van der Waals surface area contributed by atoms with Crippen molar-refractivity contribution in [1.29, 1.82) is 0 Å². The van der Waals surface area contributed by atoms with Gasteiger partial charge in [0.25, 0.3) is 0 Å². The van der Waals surface area contributed by atoms with Crippen LogP contribution in [-0.4, -0.2) is 21.5 Å². The smallest absolute Gasteiger partial charge is 0.412 e. The second-order valence-electron chi connectivity index (χ2n) is 7.70. The zero-order valence-corrected chi connectivity index (χ0v) is 17.5. The lowest BCUT2D eigenvalue weighted by Gasteiger charge is -2.19. The van der Waals surface area contributed by atoms with Gasteiger partial charge in [-0.2, -0.15) is 5.10 Å². The van der Waals surface area contributed by atoms with Crippen molar-refractivity contribution in [2.75, 3.05) is 5.32 Å². The van der Waals surface area contributed by atoms with Crippen LogP contribution in [0.5, 0.6) is 0 Å². The zero-order chi connectivity index (χ0) is 21.9. The molecule has 0 atom stereocenters. The minimum Gasteiger partial charge on any atom is -0.444 e. The van der Waals surface area contributed by atoms with Crippen molar-refractivity contribution in [3.05, 3.63) is 87.0 Å². The summed E-state index contributed by atoms with van der Waals surface area (Å²) in [6.07, 6.45) is 1.12. The highest BCUT2D eigenvalue weighted by atomic mass is 35.5. The van der Waals surface area contributed by atoms with Crippen LogP contribution < -0.4 is 10.7 Å². The molecule has 1 aromatic heterocycles. The lowest BCUT2D eigenvalue weighted by Crippen LogP contribution is -2.27. The Kier molecular flexibility index (Phi) is 6.22. The van der Waals surface area contributed by atoms with Crippen LogP contribution in [0.2, 0.25) is 5.02 Å². The third-order valence-electron chi connectivity index (χ3n) is 3.94. The van der Waals surface area contributed by atoms with E-state index in [2.05, 4.69) is 10.4 Å². The summed E-state index contributed by atoms with van der Waals surface area (Å²) in [7, 11) is 0. The number of nitrogens with zero attached hydrogens (tertiary/aromatic N) is 2. The van der Waals surface area contributed by atoms with Crippen LogP contribution in [0.4, 0.5) is 14.9 Å². The third kappa shape index (κ3) is 5.90. The molecule has 30 heavy (non-hydrogen) atoms. The number of hydrogen-bond acceptors (Lipinski definition) is 4. The highest BCUT2D eigenvalue weighted by Gasteiger charge is 2.16. The molecule has 0 aliphatic heterocycles. The van der Waals surface area contributed by atoms with Crippen LogP contribution >= 0.6 is 11.6 Å². The molecule has 0 unspecified atom stereocenters. The van der Waals surface area contributed by atoms with E-state index in [1.807, 2.05) is 6.07 Å². The molecule has 0 saturated heterocycles. The maximum Gasteiger partial charge on any atom is 0.412 e. The predicted octanol–water partition coefficient (Wildman–Crippen LogP) is 4.96. The van der Waals surface area contributed by atoms with E-state index in [1.165, 1.54) is 29.1 Å². The fraction of sp³-hybridized carbons (Fsp3) is 0.227. The number of ether oxygens (including phenoxy) is 1. The van der Waals surface area contributed by atoms with Gasteiger partial charge in [-0.15, -0.1) is 0 Å². The van der Waals surface area contributed by atoms with Crippen LogP contribution in [0.3, 0.4) is 0 Å². The molecule has 2 aromatic carbocycles. The summed E-state index contributed by atoms with van der Waals surface area (Å²) in [6.45, 7) is 5.34. The normalized spacial score (nSPS) is 11.2. The standard InChI is InChI=1S/C22H21ClFN3O3/c1-22(2,3)30-21(29)25-17-6-4-5-14(9-17)10-19-20(28)7-8-27(26-19)18-12-15(23)11-16(24)13-18/h4-9,11-13H,10H2,1-3H3,(H,25,29). The number of carbonyl (C=O) groups is 1. The Morgan fingerprint density at radius 1 is 1.20 bits per heavy atom. The number of halogens is 2. The van der Waals surface area contributed by atoms with Gasteiger partial charge in [0.15, 0.2) is 0 Å². The maximum atomic E-state index is 13.7. The van der Waals surface area contributed by atoms with Gasteiger partial charge in [0, 0.05) is 29.4 Å². The van der Waals surface area contributed by atoms with Gasteiger partial charge in [-0.05, 0) is 56.7 Å². The zero-order valence-electron chi connectivity index (χ0n) is 16.8. The van der Waals surface area contributed by atoms with Crippen molar-refractivity contribution in [2.24, 2.45) is 0 Å². The average molecular weight is 430 g/mol. The molecule has 0 spiro atoms. The number of carbonyl (C=O) groups excluding carboxylic acids is 1. The first-order chi connectivity index (χ1) is 14.1. The number of hydrogen-bond donors (Lipinski definition) is 1. The molecule has 0 radical (unpaired) electrons. The number of nitrogens with one attached hydrogen (secondary N) is 1. The highest BCUT2D eigenvalue weighted by molar-refractivity contribution is 6.30. The van der Waals surface area contributed by atoms with Gasteiger partial charge in [-0.25, -0.2) is 13.9 Å². The summed E-state index contributed by atoms with van der Waals surface area (Å²) in [5.74, 6) is -0.500. The van der Waals surface area contributed by atoms with Crippen molar-refractivity contribution >= 4 is 23.4 Å². The first kappa shape index (κ1) is 21.5. The number of anilines is 1. The molecule has 0 aliphatic rings. The monoisotopic (exact) mass is 429 g/mol. The van der Waals surface area contributed by atoms with E-state index < -0.39 is 17.5 Å². The summed E-state index contributed by atoms with van der Waals surface area (Å²) in [5.41, 5.74) is 1.12. The van der Waals surface area contributed by atoms with Crippen molar-refractivity contribution in [3.8, 4) is 5.69 Å². The summed E-state index contributed by atoms with van der Waals surface area (Å²) >= 11 is 5.91. The van der Waals surface area contributed by atoms with Gasteiger partial charge in [-0.3, -0.25) is 10.1 Å². The summed E-state index contributed by atoms with van der Waals surface area (Å²) < 4.78 is 20.3. The third-order valence-corrected chi connectivity index (χ3v) is 4.15. The van der Waals surface area contributed by atoms with Crippen molar-refractivity contribution < 1.29 is 13.9 Å². The van der Waals surface area contributed by atoms with Crippen molar-refractivity contribution in [3.63, 3.8) is 0 Å². The van der Waals surface area contributed by atoms with E-state index in [4.69, 9.17) is 16.3 Å². The molecule has 0 aliphatic carbocycles. The molecule has 156 valence electrons. The van der Waals surface area contributed by atoms with Crippen LogP contribution in [0.1, 0.15) is 32.0 Å². The largest absolute Gasteiger partial charge is 0.444 e. The van der Waals surface area contributed by atoms with Gasteiger partial charge in [0.2, 0.25) is 5.43 Å². The predicted molar refractivity (Wildman–Crippen MR) is 114 cm³/mol. The van der Waals surface area contributed by atoms with E-state index in [0.29, 0.717) is 11.4 Å². The first-order valence-electron chi connectivity index (χ1n) is 9.23. The molecule has 0 bridgehead atoms. The lowest BCUT2D eigenvalue weighted by atomic mass is 10.1. The molecule has 8 heteroatoms. The fourth-order valence-corrected chi connectivity index (χ4v) is 2.97. The van der Waals surface area contributed by atoms with Gasteiger partial charge in [0.05, 0.1) is 5.69 Å². The Bertz CT molecular complexity index is 1120. The van der Waals surface area contributed by atoms with E-state index in [-0.39, 0.29) is 22.6 Å². The molecule has 1 N–H and O–H groups in total. The first-order valence-corrected chi connectivity index (χ1v) is 9.61. The molecule has 1 heterocycles. The highest BCUT2D eigenvalue weighted by Crippen LogP contribution is 2.18. The second-order valence-corrected chi connectivity index (χ2v) is 8.14. The second kappa shape index (κ2) is 8.67. The van der Waals surface area contributed by atoms with Crippen LogP contribution in [-0.2, 0) is 11.2 Å². The minimum absolute atomic E-state index is 0.229. The van der Waals surface area contributed by atoms with Gasteiger partial charge < -0.3 is 4.74 Å². The number of benzene rings is 2. The molecular formula is C22H21ClFN3O3. The Morgan fingerprint density at radius 2 is 1.97 bits per heavy atom. The summed E-state index contributed by atoms with van der Waals surface area (Å²) in [6, 6.07) is 12.4. The van der Waals surface area contributed by atoms with E-state index in [0.717, 1.165) is 5.56 Å². The topological polar surface area (TPSA) is 73.2 Å². The van der Waals surface area contributed by atoms with Crippen molar-refractivity contribution in [1.82, 2.24) is 9.78 Å². The number of rotatable bonds is 4. The van der Waals surface area contributed by atoms with E-state index >= 15 is 0 Å². The molecule has 0 saturated carbocycles. The molecule has 0 fully saturated rings. The molecule has 3 rings (SSSR count). The Hall–Kier alpha value is -3.19. The van der Waals surface area contributed by atoms with E-state index in [9.17, 15) is 14.0 Å². The maximum absolute atomic E-state index is 13.7. The Balaban J connectivity index is 1.83. The van der Waals surface area contributed by atoms with Crippen LogP contribution in [0.15, 0.2) is 59.5 Å². The quantitative estimate of drug-likeness (QED) is 0.636. The number of amides is 1. The molecule has 1 amide bonds. The summed E-state index contributed by atoms with van der Waals surface area (Å²) in [4.78, 5) is 24.3. The SMILES string of the molecule is CC(C)(C)OC(=O)Nc1cccc(Cc2nn(-c3cc(F)cc(Cl)c3)ccc2=O)c1. The average Bonchev–Trinajstić information content (AvgIpc) is 2.61. The van der Waals surface area contributed by atoms with Crippen LogP contribution in [0.25, 0.3) is 5.69 Å². The van der Waals surface area contributed by atoms with Gasteiger partial charge >= 0.3 is 6.09 Å². The van der Waals surface area contributed by atoms with Gasteiger partial charge in [0.1, 0.15) is 17.1 Å². The Morgan fingerprint density at radius 3 is 2.67 bits per heavy atom. The fourth-order valence-electron chi connectivity index (χ4n) is 2.76.